The maximum absolute atomic E-state index is 11.3. The summed E-state index contributed by atoms with van der Waals surface area (Å²) < 4.78 is 0. The first-order valence-electron chi connectivity index (χ1n) is 4.80. The molecule has 3 nitrogen and oxygen atoms in total. The molecule has 3 heteroatoms. The average Bonchev–Trinajstić information content (AvgIpc) is 1.95. The molecule has 0 aromatic heterocycles. The van der Waals surface area contributed by atoms with Gasteiger partial charge in [-0.15, -0.1) is 0 Å². The molecule has 0 spiro atoms. The van der Waals surface area contributed by atoms with E-state index in [1.807, 2.05) is 20.8 Å². The Labute approximate surface area is 80.5 Å². The average molecular weight is 187 g/mol. The zero-order valence-electron chi connectivity index (χ0n) is 9.05. The van der Waals surface area contributed by atoms with Crippen molar-refractivity contribution in [3.63, 3.8) is 0 Å². The van der Waals surface area contributed by atoms with Crippen LogP contribution in [0.25, 0.3) is 0 Å². The van der Waals surface area contributed by atoms with Crippen molar-refractivity contribution in [1.29, 1.82) is 0 Å². The Bertz CT molecular complexity index is 159. The summed E-state index contributed by atoms with van der Waals surface area (Å²) in [6, 6.07) is 0. The molecule has 78 valence electrons. The summed E-state index contributed by atoms with van der Waals surface area (Å²) in [5.41, 5.74) is -0.315. The molecule has 0 aromatic carbocycles. The Kier molecular flexibility index (Phi) is 4.99. The Morgan fingerprint density at radius 1 is 1.46 bits per heavy atom. The van der Waals surface area contributed by atoms with E-state index in [9.17, 15) is 4.79 Å². The highest BCUT2D eigenvalue weighted by Gasteiger charge is 2.20. The van der Waals surface area contributed by atoms with Crippen molar-refractivity contribution in [3.8, 4) is 0 Å². The van der Waals surface area contributed by atoms with Crippen LogP contribution >= 0.6 is 0 Å². The van der Waals surface area contributed by atoms with E-state index < -0.39 is 0 Å². The Hall–Kier alpha value is -0.570. The zero-order valence-corrected chi connectivity index (χ0v) is 9.05. The molecule has 0 saturated carbocycles. The van der Waals surface area contributed by atoms with Crippen LogP contribution in [0.4, 0.5) is 0 Å². The van der Waals surface area contributed by atoms with E-state index in [0.29, 0.717) is 6.54 Å². The van der Waals surface area contributed by atoms with Gasteiger partial charge in [0.2, 0.25) is 5.91 Å². The van der Waals surface area contributed by atoms with E-state index in [0.717, 1.165) is 12.8 Å². The van der Waals surface area contributed by atoms with Crippen LogP contribution in [-0.4, -0.2) is 23.7 Å². The molecule has 1 amide bonds. The van der Waals surface area contributed by atoms with E-state index in [1.165, 1.54) is 0 Å². The molecule has 0 aromatic rings. The summed E-state index contributed by atoms with van der Waals surface area (Å²) in [6.07, 6.45) is 1.30. The van der Waals surface area contributed by atoms with E-state index >= 15 is 0 Å². The molecule has 0 rings (SSSR count). The smallest absolute Gasteiger partial charge is 0.225 e. The summed E-state index contributed by atoms with van der Waals surface area (Å²) in [7, 11) is 0. The topological polar surface area (TPSA) is 49.3 Å². The maximum atomic E-state index is 11.3. The number of aliphatic hydroxyl groups is 1. The van der Waals surface area contributed by atoms with Gasteiger partial charge in [-0.3, -0.25) is 4.79 Å². The minimum Gasteiger partial charge on any atom is -0.393 e. The largest absolute Gasteiger partial charge is 0.393 e. The Balaban J connectivity index is 3.49. The monoisotopic (exact) mass is 187 g/mol. The van der Waals surface area contributed by atoms with Crippen molar-refractivity contribution in [2.75, 3.05) is 6.54 Å². The third kappa shape index (κ3) is 6.58. The van der Waals surface area contributed by atoms with Crippen LogP contribution in [0.15, 0.2) is 0 Å². The van der Waals surface area contributed by atoms with E-state index in [2.05, 4.69) is 5.32 Å². The van der Waals surface area contributed by atoms with Crippen molar-refractivity contribution in [3.05, 3.63) is 0 Å². The molecular formula is C10H21NO2. The zero-order chi connectivity index (χ0) is 10.5. The van der Waals surface area contributed by atoms with Gasteiger partial charge in [0.15, 0.2) is 0 Å². The number of amides is 1. The molecule has 1 atom stereocenters. The number of hydrogen-bond acceptors (Lipinski definition) is 2. The summed E-state index contributed by atoms with van der Waals surface area (Å²) in [5, 5.41) is 11.8. The van der Waals surface area contributed by atoms with Gasteiger partial charge in [0.25, 0.3) is 0 Å². The molecular weight excluding hydrogens is 166 g/mol. The third-order valence-corrected chi connectivity index (χ3v) is 1.77. The van der Waals surface area contributed by atoms with Crippen LogP contribution in [0.3, 0.4) is 0 Å². The van der Waals surface area contributed by atoms with E-state index in [1.54, 1.807) is 6.92 Å². The fourth-order valence-electron chi connectivity index (χ4n) is 0.865. The van der Waals surface area contributed by atoms with Gasteiger partial charge < -0.3 is 10.4 Å². The van der Waals surface area contributed by atoms with Gasteiger partial charge in [-0.1, -0.05) is 20.8 Å². The van der Waals surface area contributed by atoms with Crippen molar-refractivity contribution >= 4 is 5.91 Å². The second-order valence-electron chi connectivity index (χ2n) is 4.50. The van der Waals surface area contributed by atoms with Crippen molar-refractivity contribution in [2.45, 2.75) is 46.6 Å². The fraction of sp³-hybridized carbons (Fsp3) is 0.900. The second kappa shape index (κ2) is 5.22. The lowest BCUT2D eigenvalue weighted by Crippen LogP contribution is -2.35. The minimum atomic E-state index is -0.315. The third-order valence-electron chi connectivity index (χ3n) is 1.77. The van der Waals surface area contributed by atoms with Crippen molar-refractivity contribution in [1.82, 2.24) is 5.32 Å². The van der Waals surface area contributed by atoms with E-state index in [-0.39, 0.29) is 17.4 Å². The first kappa shape index (κ1) is 12.4. The normalized spacial score (nSPS) is 13.9. The summed E-state index contributed by atoms with van der Waals surface area (Å²) in [5.74, 6) is 0.0677. The molecule has 0 aliphatic rings. The summed E-state index contributed by atoms with van der Waals surface area (Å²) in [4.78, 5) is 11.3. The van der Waals surface area contributed by atoms with Crippen LogP contribution in [0.1, 0.15) is 40.5 Å². The highest BCUT2D eigenvalue weighted by Crippen LogP contribution is 2.12. The second-order valence-corrected chi connectivity index (χ2v) is 4.50. The molecule has 13 heavy (non-hydrogen) atoms. The molecule has 1 unspecified atom stereocenters. The molecule has 0 fully saturated rings. The molecule has 0 aliphatic heterocycles. The number of carbonyl (C=O) groups excluding carboxylic acids is 1. The number of nitrogens with one attached hydrogen (secondary N) is 1. The molecule has 0 heterocycles. The number of rotatable bonds is 4. The summed E-state index contributed by atoms with van der Waals surface area (Å²) >= 11 is 0. The Morgan fingerprint density at radius 3 is 2.38 bits per heavy atom. The van der Waals surface area contributed by atoms with Crippen LogP contribution in [0.2, 0.25) is 0 Å². The summed E-state index contributed by atoms with van der Waals surface area (Å²) in [6.45, 7) is 8.07. The number of aliphatic hydroxyl groups excluding tert-OH is 1. The van der Waals surface area contributed by atoms with Crippen LogP contribution in [-0.2, 0) is 4.79 Å². The van der Waals surface area contributed by atoms with Crippen LogP contribution < -0.4 is 5.32 Å². The quantitative estimate of drug-likeness (QED) is 0.652. The van der Waals surface area contributed by atoms with Crippen LogP contribution in [0.5, 0.6) is 0 Å². The highest BCUT2D eigenvalue weighted by molar-refractivity contribution is 5.81. The highest BCUT2D eigenvalue weighted by atomic mass is 16.3. The number of hydrogen-bond donors (Lipinski definition) is 2. The van der Waals surface area contributed by atoms with Gasteiger partial charge in [-0.2, -0.15) is 0 Å². The van der Waals surface area contributed by atoms with Gasteiger partial charge in [0.1, 0.15) is 0 Å². The lowest BCUT2D eigenvalue weighted by atomic mass is 9.96. The van der Waals surface area contributed by atoms with Crippen molar-refractivity contribution in [2.24, 2.45) is 5.41 Å². The standard InChI is InChI=1S/C10H21NO2/c1-8(12)6-5-7-11-9(13)10(2,3)4/h8,12H,5-7H2,1-4H3,(H,11,13). The van der Waals surface area contributed by atoms with Gasteiger partial charge in [-0.25, -0.2) is 0 Å². The maximum Gasteiger partial charge on any atom is 0.225 e. The Morgan fingerprint density at radius 2 is 2.00 bits per heavy atom. The van der Waals surface area contributed by atoms with Crippen LogP contribution in [0, 0.1) is 5.41 Å². The van der Waals surface area contributed by atoms with Gasteiger partial charge in [-0.05, 0) is 19.8 Å². The lowest BCUT2D eigenvalue weighted by Gasteiger charge is -2.17. The first-order chi connectivity index (χ1) is 5.84. The molecule has 0 saturated heterocycles. The van der Waals surface area contributed by atoms with Gasteiger partial charge >= 0.3 is 0 Å². The van der Waals surface area contributed by atoms with E-state index in [4.69, 9.17) is 5.11 Å². The predicted octanol–water partition coefficient (Wildman–Crippen LogP) is 1.31. The molecule has 0 aliphatic carbocycles. The predicted molar refractivity (Wildman–Crippen MR) is 53.4 cm³/mol. The van der Waals surface area contributed by atoms with Gasteiger partial charge in [0.05, 0.1) is 6.10 Å². The molecule has 0 radical (unpaired) electrons. The fourth-order valence-corrected chi connectivity index (χ4v) is 0.865. The lowest BCUT2D eigenvalue weighted by molar-refractivity contribution is -0.128. The van der Waals surface area contributed by atoms with Gasteiger partial charge in [0, 0.05) is 12.0 Å². The molecule has 0 bridgehead atoms. The minimum absolute atomic E-state index is 0.0677. The SMILES string of the molecule is CC(O)CCCNC(=O)C(C)(C)C. The number of carbonyl (C=O) groups is 1. The molecule has 2 N–H and O–H groups in total. The van der Waals surface area contributed by atoms with Crippen molar-refractivity contribution < 1.29 is 9.90 Å². The first-order valence-corrected chi connectivity index (χ1v) is 4.80.